The highest BCUT2D eigenvalue weighted by atomic mass is 14.9. The Kier molecular flexibility index (Phi) is 2.30. The van der Waals surface area contributed by atoms with Gasteiger partial charge in [0, 0.05) is 30.2 Å². The zero-order chi connectivity index (χ0) is 10.1. The van der Waals surface area contributed by atoms with E-state index in [1.165, 1.54) is 22.2 Å². The first-order valence-corrected chi connectivity index (χ1v) is 5.04. The molecule has 0 atom stereocenters. The highest BCUT2D eigenvalue weighted by Crippen LogP contribution is 2.24. The van der Waals surface area contributed by atoms with Crippen molar-refractivity contribution in [1.82, 2.24) is 4.57 Å². The standard InChI is InChI=1S/C12H16N2/c1-3-11-10(8-13)9-6-4-5-7-12(9)14(11)2/h4-7H,3,8,13H2,1-2H3. The molecule has 0 aliphatic rings. The number of nitrogens with two attached hydrogens (primary N) is 1. The molecular weight excluding hydrogens is 172 g/mol. The summed E-state index contributed by atoms with van der Waals surface area (Å²) in [6.45, 7) is 2.80. The minimum Gasteiger partial charge on any atom is -0.347 e. The SMILES string of the molecule is CCc1c(CN)c2ccccc2n1C. The molecule has 2 nitrogen and oxygen atoms in total. The summed E-state index contributed by atoms with van der Waals surface area (Å²) in [4.78, 5) is 0. The Bertz CT molecular complexity index is 455. The largest absolute Gasteiger partial charge is 0.347 e. The number of fused-ring (bicyclic) bond motifs is 1. The van der Waals surface area contributed by atoms with Crippen molar-refractivity contribution in [2.45, 2.75) is 19.9 Å². The van der Waals surface area contributed by atoms with Crippen molar-refractivity contribution in [3.63, 3.8) is 0 Å². The van der Waals surface area contributed by atoms with Crippen molar-refractivity contribution >= 4 is 10.9 Å². The van der Waals surface area contributed by atoms with Crippen molar-refractivity contribution in [1.29, 1.82) is 0 Å². The minimum absolute atomic E-state index is 0.629. The smallest absolute Gasteiger partial charge is 0.0483 e. The van der Waals surface area contributed by atoms with Crippen LogP contribution in [-0.4, -0.2) is 4.57 Å². The molecule has 2 N–H and O–H groups in total. The number of benzene rings is 1. The van der Waals surface area contributed by atoms with Gasteiger partial charge < -0.3 is 10.3 Å². The second-order valence-electron chi connectivity index (χ2n) is 3.56. The molecule has 0 radical (unpaired) electrons. The summed E-state index contributed by atoms with van der Waals surface area (Å²) >= 11 is 0. The molecule has 0 aliphatic heterocycles. The third kappa shape index (κ3) is 1.15. The fourth-order valence-electron chi connectivity index (χ4n) is 2.20. The van der Waals surface area contributed by atoms with Gasteiger partial charge in [0.05, 0.1) is 0 Å². The summed E-state index contributed by atoms with van der Waals surface area (Å²) in [5.41, 5.74) is 9.73. The number of aromatic nitrogens is 1. The van der Waals surface area contributed by atoms with Gasteiger partial charge >= 0.3 is 0 Å². The Hall–Kier alpha value is -1.28. The van der Waals surface area contributed by atoms with E-state index in [9.17, 15) is 0 Å². The van der Waals surface area contributed by atoms with Gasteiger partial charge in [-0.15, -0.1) is 0 Å². The van der Waals surface area contributed by atoms with Gasteiger partial charge in [-0.2, -0.15) is 0 Å². The van der Waals surface area contributed by atoms with Gasteiger partial charge in [0.1, 0.15) is 0 Å². The van der Waals surface area contributed by atoms with Gasteiger partial charge in [0.25, 0.3) is 0 Å². The zero-order valence-corrected chi connectivity index (χ0v) is 8.75. The number of aryl methyl sites for hydroxylation is 1. The first kappa shape index (κ1) is 9.28. The molecule has 0 amide bonds. The van der Waals surface area contributed by atoms with Crippen LogP contribution in [0.1, 0.15) is 18.2 Å². The van der Waals surface area contributed by atoms with Crippen LogP contribution in [0.5, 0.6) is 0 Å². The molecule has 0 fully saturated rings. The van der Waals surface area contributed by atoms with Gasteiger partial charge in [0.15, 0.2) is 0 Å². The monoisotopic (exact) mass is 188 g/mol. The number of rotatable bonds is 2. The van der Waals surface area contributed by atoms with Crippen LogP contribution in [0.4, 0.5) is 0 Å². The molecule has 2 rings (SSSR count). The van der Waals surface area contributed by atoms with E-state index in [0.717, 1.165) is 6.42 Å². The van der Waals surface area contributed by atoms with Crippen LogP contribution in [0.15, 0.2) is 24.3 Å². The Morgan fingerprint density at radius 1 is 1.29 bits per heavy atom. The van der Waals surface area contributed by atoms with Crippen LogP contribution in [0.25, 0.3) is 10.9 Å². The van der Waals surface area contributed by atoms with Gasteiger partial charge in [-0.1, -0.05) is 25.1 Å². The Balaban J connectivity index is 2.84. The lowest BCUT2D eigenvalue weighted by atomic mass is 10.1. The van der Waals surface area contributed by atoms with Gasteiger partial charge in [-0.3, -0.25) is 0 Å². The van der Waals surface area contributed by atoms with E-state index in [4.69, 9.17) is 5.73 Å². The van der Waals surface area contributed by atoms with Crippen molar-refractivity contribution in [2.24, 2.45) is 12.8 Å². The van der Waals surface area contributed by atoms with Gasteiger partial charge in [0.2, 0.25) is 0 Å². The molecule has 2 aromatic rings. The molecule has 0 bridgehead atoms. The molecule has 0 unspecified atom stereocenters. The van der Waals surface area contributed by atoms with E-state index < -0.39 is 0 Å². The molecular formula is C12H16N2. The summed E-state index contributed by atoms with van der Waals surface area (Å²) in [6.07, 6.45) is 1.04. The van der Waals surface area contributed by atoms with Crippen LogP contribution in [0, 0.1) is 0 Å². The second-order valence-corrected chi connectivity index (χ2v) is 3.56. The maximum absolute atomic E-state index is 5.79. The minimum atomic E-state index is 0.629. The Morgan fingerprint density at radius 3 is 2.64 bits per heavy atom. The van der Waals surface area contributed by atoms with Gasteiger partial charge in [-0.25, -0.2) is 0 Å². The molecule has 1 heterocycles. The van der Waals surface area contributed by atoms with E-state index in [-0.39, 0.29) is 0 Å². The average Bonchev–Trinajstić information content (AvgIpc) is 2.51. The van der Waals surface area contributed by atoms with E-state index in [1.54, 1.807) is 0 Å². The summed E-state index contributed by atoms with van der Waals surface area (Å²) in [6, 6.07) is 8.44. The molecule has 0 aliphatic carbocycles. The van der Waals surface area contributed by atoms with Crippen LogP contribution in [0.2, 0.25) is 0 Å². The van der Waals surface area contributed by atoms with Crippen LogP contribution < -0.4 is 5.73 Å². The molecule has 14 heavy (non-hydrogen) atoms. The van der Waals surface area contributed by atoms with Crippen molar-refractivity contribution in [2.75, 3.05) is 0 Å². The summed E-state index contributed by atoms with van der Waals surface area (Å²) in [5.74, 6) is 0. The lowest BCUT2D eigenvalue weighted by Gasteiger charge is -2.02. The van der Waals surface area contributed by atoms with Crippen molar-refractivity contribution in [3.05, 3.63) is 35.5 Å². The Labute approximate surface area is 84.3 Å². The van der Waals surface area contributed by atoms with E-state index >= 15 is 0 Å². The molecule has 1 aromatic carbocycles. The van der Waals surface area contributed by atoms with E-state index in [0.29, 0.717) is 6.54 Å². The van der Waals surface area contributed by atoms with E-state index in [1.807, 2.05) is 0 Å². The first-order chi connectivity index (χ1) is 6.79. The first-order valence-electron chi connectivity index (χ1n) is 5.04. The molecule has 2 heteroatoms. The Morgan fingerprint density at radius 2 is 2.00 bits per heavy atom. The predicted octanol–water partition coefficient (Wildman–Crippen LogP) is 2.20. The van der Waals surface area contributed by atoms with Gasteiger partial charge in [-0.05, 0) is 18.1 Å². The molecule has 0 spiro atoms. The number of hydrogen-bond acceptors (Lipinski definition) is 1. The topological polar surface area (TPSA) is 30.9 Å². The van der Waals surface area contributed by atoms with Crippen LogP contribution >= 0.6 is 0 Å². The van der Waals surface area contributed by atoms with Crippen molar-refractivity contribution in [3.8, 4) is 0 Å². The highest BCUT2D eigenvalue weighted by Gasteiger charge is 2.10. The molecule has 74 valence electrons. The summed E-state index contributed by atoms with van der Waals surface area (Å²) in [7, 11) is 2.11. The third-order valence-electron chi connectivity index (χ3n) is 2.88. The molecule has 1 aromatic heterocycles. The molecule has 0 saturated heterocycles. The molecule has 0 saturated carbocycles. The van der Waals surface area contributed by atoms with Crippen LogP contribution in [0.3, 0.4) is 0 Å². The zero-order valence-electron chi connectivity index (χ0n) is 8.75. The summed E-state index contributed by atoms with van der Waals surface area (Å²) < 4.78 is 2.25. The second kappa shape index (κ2) is 3.46. The number of hydrogen-bond donors (Lipinski definition) is 1. The quantitative estimate of drug-likeness (QED) is 0.769. The lowest BCUT2D eigenvalue weighted by molar-refractivity contribution is 0.842. The average molecular weight is 188 g/mol. The van der Waals surface area contributed by atoms with Crippen molar-refractivity contribution < 1.29 is 0 Å². The fraction of sp³-hybridized carbons (Fsp3) is 0.333. The maximum atomic E-state index is 5.79. The normalized spacial score (nSPS) is 11.1. The van der Waals surface area contributed by atoms with E-state index in [2.05, 4.69) is 42.8 Å². The van der Waals surface area contributed by atoms with Crippen LogP contribution in [-0.2, 0) is 20.0 Å². The maximum Gasteiger partial charge on any atom is 0.0483 e. The third-order valence-corrected chi connectivity index (χ3v) is 2.88. The summed E-state index contributed by atoms with van der Waals surface area (Å²) in [5, 5.41) is 1.30. The highest BCUT2D eigenvalue weighted by molar-refractivity contribution is 5.85. The number of nitrogens with zero attached hydrogens (tertiary/aromatic N) is 1. The number of para-hydroxylation sites is 1. The predicted molar refractivity (Wildman–Crippen MR) is 60.2 cm³/mol. The lowest BCUT2D eigenvalue weighted by Crippen LogP contribution is -2.02. The fourth-order valence-corrected chi connectivity index (χ4v) is 2.20.